The van der Waals surface area contributed by atoms with Gasteiger partial charge >= 0.3 is 11.9 Å². The molecule has 6 nitrogen and oxygen atoms in total. The van der Waals surface area contributed by atoms with Crippen molar-refractivity contribution < 1.29 is 29.0 Å². The lowest BCUT2D eigenvalue weighted by molar-refractivity contribution is -0.880. The zero-order chi connectivity index (χ0) is 13.9. The number of carbonyl (C=O) groups excluding carboxylic acids is 1. The average molecular weight is 248 g/mol. The maximum atomic E-state index is 11.4. The number of carboxylic acids is 1. The fourth-order valence-corrected chi connectivity index (χ4v) is 1.41. The molecule has 17 heavy (non-hydrogen) atoms. The van der Waals surface area contributed by atoms with Crippen LogP contribution in [0.2, 0.25) is 0 Å². The predicted octanol–water partition coefficient (Wildman–Crippen LogP) is 0.0551. The summed E-state index contributed by atoms with van der Waals surface area (Å²) in [4.78, 5) is 22.1. The first kappa shape index (κ1) is 15.9. The van der Waals surface area contributed by atoms with Crippen molar-refractivity contribution in [2.75, 3.05) is 27.7 Å². The smallest absolute Gasteiger partial charge is 0.311 e. The Bertz CT molecular complexity index is 295. The minimum absolute atomic E-state index is 0.0117. The number of aliphatic hydroxyl groups is 1. The molecular weight excluding hydrogens is 226 g/mol. The van der Waals surface area contributed by atoms with Gasteiger partial charge in [-0.25, -0.2) is 0 Å². The van der Waals surface area contributed by atoms with Gasteiger partial charge in [-0.2, -0.15) is 0 Å². The van der Waals surface area contributed by atoms with E-state index in [4.69, 9.17) is 9.84 Å². The molecule has 0 rings (SSSR count). The molecular formula is C11H22NO5+. The van der Waals surface area contributed by atoms with E-state index in [1.807, 2.05) is 0 Å². The maximum absolute atomic E-state index is 11.4. The third-order valence-electron chi connectivity index (χ3n) is 1.91. The lowest BCUT2D eigenvalue weighted by Gasteiger charge is -2.34. The van der Waals surface area contributed by atoms with Crippen molar-refractivity contribution in [2.24, 2.45) is 5.92 Å². The third-order valence-corrected chi connectivity index (χ3v) is 1.91. The van der Waals surface area contributed by atoms with Crippen LogP contribution in [0.3, 0.4) is 0 Å². The zero-order valence-electron chi connectivity index (χ0n) is 11.1. The summed E-state index contributed by atoms with van der Waals surface area (Å²) >= 11 is 0. The van der Waals surface area contributed by atoms with E-state index in [9.17, 15) is 14.7 Å². The molecule has 0 aromatic carbocycles. The fraction of sp³-hybridized carbons (Fsp3) is 0.818. The lowest BCUT2D eigenvalue weighted by atomic mass is 10.1. The summed E-state index contributed by atoms with van der Waals surface area (Å²) in [6.07, 6.45) is -0.624. The van der Waals surface area contributed by atoms with E-state index >= 15 is 0 Å². The molecule has 0 amide bonds. The zero-order valence-corrected chi connectivity index (χ0v) is 11.1. The van der Waals surface area contributed by atoms with Gasteiger partial charge < -0.3 is 19.4 Å². The van der Waals surface area contributed by atoms with Gasteiger partial charge in [0.2, 0.25) is 0 Å². The van der Waals surface area contributed by atoms with E-state index in [0.717, 1.165) is 0 Å². The van der Waals surface area contributed by atoms with Crippen LogP contribution in [0.15, 0.2) is 0 Å². The Labute approximate surface area is 101 Å². The highest BCUT2D eigenvalue weighted by molar-refractivity contribution is 5.73. The Morgan fingerprint density at radius 3 is 2.06 bits per heavy atom. The molecule has 0 aliphatic carbocycles. The van der Waals surface area contributed by atoms with Gasteiger partial charge in [0, 0.05) is 0 Å². The molecule has 0 saturated heterocycles. The number of esters is 1. The molecule has 0 radical (unpaired) electrons. The molecule has 0 aliphatic rings. The Morgan fingerprint density at radius 2 is 1.76 bits per heavy atom. The fourth-order valence-electron chi connectivity index (χ4n) is 1.41. The standard InChI is InChI=1S/C11H21NO5/c1-8(2)10(15)17-11(16,6-9(13)14)7-12(3,4)5/h8,16H,6-7H2,1-5H3/p+1. The summed E-state index contributed by atoms with van der Waals surface area (Å²) in [5.74, 6) is -4.20. The molecule has 6 heteroatoms. The molecule has 0 spiro atoms. The van der Waals surface area contributed by atoms with E-state index in [0.29, 0.717) is 0 Å². The van der Waals surface area contributed by atoms with Crippen LogP contribution in [-0.2, 0) is 14.3 Å². The first-order chi connectivity index (χ1) is 7.45. The Hall–Kier alpha value is -1.14. The van der Waals surface area contributed by atoms with Crippen molar-refractivity contribution in [2.45, 2.75) is 26.1 Å². The number of nitrogens with zero attached hydrogens (tertiary/aromatic N) is 1. The number of aliphatic carboxylic acids is 1. The van der Waals surface area contributed by atoms with E-state index in [-0.39, 0.29) is 11.0 Å². The van der Waals surface area contributed by atoms with Crippen LogP contribution < -0.4 is 0 Å². The first-order valence-corrected chi connectivity index (χ1v) is 5.43. The minimum atomic E-state index is -1.97. The number of carboxylic acid groups (broad SMARTS) is 1. The van der Waals surface area contributed by atoms with Gasteiger partial charge in [-0.15, -0.1) is 0 Å². The molecule has 1 atom stereocenters. The van der Waals surface area contributed by atoms with Crippen molar-refractivity contribution in [1.29, 1.82) is 0 Å². The van der Waals surface area contributed by atoms with Gasteiger partial charge in [0.05, 0.1) is 27.1 Å². The van der Waals surface area contributed by atoms with Gasteiger partial charge in [0.1, 0.15) is 13.0 Å². The highest BCUT2D eigenvalue weighted by Crippen LogP contribution is 2.18. The van der Waals surface area contributed by atoms with E-state index in [1.54, 1.807) is 35.0 Å². The summed E-state index contributed by atoms with van der Waals surface area (Å²) in [6, 6.07) is 0. The Balaban J connectivity index is 4.84. The summed E-state index contributed by atoms with van der Waals surface area (Å²) in [6.45, 7) is 3.25. The van der Waals surface area contributed by atoms with Gasteiger partial charge in [-0.3, -0.25) is 9.59 Å². The molecule has 0 fully saturated rings. The maximum Gasteiger partial charge on any atom is 0.311 e. The van der Waals surface area contributed by atoms with E-state index < -0.39 is 30.1 Å². The van der Waals surface area contributed by atoms with E-state index in [2.05, 4.69) is 0 Å². The molecule has 1 unspecified atom stereocenters. The monoisotopic (exact) mass is 248 g/mol. The molecule has 0 aliphatic heterocycles. The normalized spacial score (nSPS) is 15.5. The highest BCUT2D eigenvalue weighted by Gasteiger charge is 2.40. The predicted molar refractivity (Wildman–Crippen MR) is 61.0 cm³/mol. The molecule has 0 saturated carbocycles. The van der Waals surface area contributed by atoms with Gasteiger partial charge in [-0.05, 0) is 0 Å². The van der Waals surface area contributed by atoms with Gasteiger partial charge in [-0.1, -0.05) is 13.8 Å². The second-order valence-electron chi connectivity index (χ2n) is 5.54. The summed E-state index contributed by atoms with van der Waals surface area (Å²) in [5, 5.41) is 18.8. The minimum Gasteiger partial charge on any atom is -0.481 e. The van der Waals surface area contributed by atoms with Crippen molar-refractivity contribution in [3.8, 4) is 0 Å². The first-order valence-electron chi connectivity index (χ1n) is 5.43. The number of likely N-dealkylation sites (N-methyl/N-ethyl adjacent to an activating group) is 1. The van der Waals surface area contributed by atoms with E-state index in [1.165, 1.54) is 0 Å². The number of quaternary nitrogens is 1. The number of ether oxygens (including phenoxy) is 1. The SMILES string of the molecule is CC(C)C(=O)OC(O)(CC(=O)O)C[N+](C)(C)C. The highest BCUT2D eigenvalue weighted by atomic mass is 16.7. The number of hydrogen-bond acceptors (Lipinski definition) is 4. The van der Waals surface area contributed by atoms with Gasteiger partial charge in [0.25, 0.3) is 5.79 Å². The van der Waals surface area contributed by atoms with Crippen molar-refractivity contribution in [3.05, 3.63) is 0 Å². The molecule has 0 heterocycles. The van der Waals surface area contributed by atoms with Crippen molar-refractivity contribution in [1.82, 2.24) is 0 Å². The van der Waals surface area contributed by atoms with Crippen LogP contribution >= 0.6 is 0 Å². The van der Waals surface area contributed by atoms with Crippen LogP contribution in [0.25, 0.3) is 0 Å². The second kappa shape index (κ2) is 5.46. The second-order valence-corrected chi connectivity index (χ2v) is 5.54. The van der Waals surface area contributed by atoms with Crippen LogP contribution in [-0.4, -0.2) is 60.1 Å². The molecule has 0 aromatic rings. The quantitative estimate of drug-likeness (QED) is 0.394. The topological polar surface area (TPSA) is 83.8 Å². The Kier molecular flexibility index (Phi) is 5.10. The Morgan fingerprint density at radius 1 is 1.29 bits per heavy atom. The number of carbonyl (C=O) groups is 2. The van der Waals surface area contributed by atoms with Crippen LogP contribution in [0.4, 0.5) is 0 Å². The summed E-state index contributed by atoms with van der Waals surface area (Å²) in [7, 11) is 5.32. The lowest BCUT2D eigenvalue weighted by Crippen LogP contribution is -2.53. The van der Waals surface area contributed by atoms with Crippen LogP contribution in [0, 0.1) is 5.92 Å². The van der Waals surface area contributed by atoms with Crippen molar-refractivity contribution in [3.63, 3.8) is 0 Å². The van der Waals surface area contributed by atoms with Crippen LogP contribution in [0.1, 0.15) is 20.3 Å². The number of rotatable bonds is 6. The van der Waals surface area contributed by atoms with Crippen LogP contribution in [0.5, 0.6) is 0 Å². The third kappa shape index (κ3) is 6.91. The molecule has 2 N–H and O–H groups in total. The molecule has 100 valence electrons. The van der Waals surface area contributed by atoms with Crippen molar-refractivity contribution >= 4 is 11.9 Å². The molecule has 0 aromatic heterocycles. The molecule has 0 bridgehead atoms. The average Bonchev–Trinajstić information content (AvgIpc) is 1.96. The summed E-state index contributed by atoms with van der Waals surface area (Å²) in [5.41, 5.74) is 0. The van der Waals surface area contributed by atoms with Gasteiger partial charge in [0.15, 0.2) is 0 Å². The number of hydrogen-bond donors (Lipinski definition) is 2. The largest absolute Gasteiger partial charge is 0.481 e. The summed E-state index contributed by atoms with van der Waals surface area (Å²) < 4.78 is 5.19.